The average molecular weight is 368 g/mol. The molecule has 0 spiro atoms. The first kappa shape index (κ1) is 18.0. The summed E-state index contributed by atoms with van der Waals surface area (Å²) in [6.07, 6.45) is 3.27. The number of aromatic amines is 1. The second kappa shape index (κ2) is 7.72. The van der Waals surface area contributed by atoms with E-state index in [0.717, 1.165) is 75.0 Å². The molecule has 2 aromatic rings. The zero-order chi connectivity index (χ0) is 18.8. The van der Waals surface area contributed by atoms with Crippen molar-refractivity contribution in [1.82, 2.24) is 9.97 Å². The van der Waals surface area contributed by atoms with Gasteiger partial charge in [0.1, 0.15) is 5.82 Å². The fraction of sp³-hybridized carbons (Fsp3) is 0.524. The Morgan fingerprint density at radius 2 is 1.85 bits per heavy atom. The van der Waals surface area contributed by atoms with E-state index in [1.54, 1.807) is 6.07 Å². The summed E-state index contributed by atoms with van der Waals surface area (Å²) in [5.41, 5.74) is 4.42. The van der Waals surface area contributed by atoms with E-state index in [2.05, 4.69) is 38.0 Å². The van der Waals surface area contributed by atoms with Crippen LogP contribution in [0.5, 0.6) is 0 Å². The number of nitrogens with zero attached hydrogens (tertiary/aromatic N) is 3. The molecule has 27 heavy (non-hydrogen) atoms. The molecule has 2 aromatic heterocycles. The minimum absolute atomic E-state index is 0.0322. The Morgan fingerprint density at radius 3 is 2.59 bits per heavy atom. The van der Waals surface area contributed by atoms with Crippen LogP contribution in [-0.2, 0) is 11.2 Å². The number of aryl methyl sites for hydroxylation is 2. The summed E-state index contributed by atoms with van der Waals surface area (Å²) in [4.78, 5) is 24.5. The van der Waals surface area contributed by atoms with Gasteiger partial charge >= 0.3 is 0 Å². The molecule has 2 fully saturated rings. The third-order valence-electron chi connectivity index (χ3n) is 5.49. The highest BCUT2D eigenvalue weighted by atomic mass is 16.5. The number of H-pyrrole nitrogens is 1. The van der Waals surface area contributed by atoms with Crippen LogP contribution in [0.2, 0.25) is 0 Å². The minimum Gasteiger partial charge on any atom is -0.378 e. The summed E-state index contributed by atoms with van der Waals surface area (Å²) in [5, 5.41) is 0. The quantitative estimate of drug-likeness (QED) is 0.898. The van der Waals surface area contributed by atoms with Gasteiger partial charge in [-0.2, -0.15) is 0 Å². The molecule has 2 saturated heterocycles. The lowest BCUT2D eigenvalue weighted by atomic mass is 10.0. The van der Waals surface area contributed by atoms with E-state index in [9.17, 15) is 4.79 Å². The Bertz CT molecular complexity index is 837. The number of hydrogen-bond acceptors (Lipinski definition) is 5. The standard InChI is InChI=1S/C21H28N4O2/c1-15-10-17(11-16(2)22-15)12-18-4-3-5-25(18)20-13-19(14-21(26)23-20)24-6-8-27-9-7-24/h10-11,13-14,18H,3-9,12H2,1-2H3,(H,23,26)/t18-/m0/s1. The van der Waals surface area contributed by atoms with Gasteiger partial charge in [-0.05, 0) is 50.8 Å². The summed E-state index contributed by atoms with van der Waals surface area (Å²) >= 11 is 0. The smallest absolute Gasteiger partial charge is 0.251 e. The molecule has 0 aromatic carbocycles. The number of nitrogens with one attached hydrogen (secondary N) is 1. The van der Waals surface area contributed by atoms with Gasteiger partial charge in [0.25, 0.3) is 5.56 Å². The van der Waals surface area contributed by atoms with Crippen LogP contribution in [0.15, 0.2) is 29.1 Å². The minimum atomic E-state index is -0.0322. The maximum atomic E-state index is 12.3. The summed E-state index contributed by atoms with van der Waals surface area (Å²) in [6.45, 7) is 8.18. The Hall–Kier alpha value is -2.34. The highest BCUT2D eigenvalue weighted by Gasteiger charge is 2.26. The molecular formula is C21H28N4O2. The van der Waals surface area contributed by atoms with E-state index in [1.165, 1.54) is 5.56 Å². The van der Waals surface area contributed by atoms with Gasteiger partial charge in [-0.1, -0.05) is 0 Å². The number of anilines is 2. The van der Waals surface area contributed by atoms with Gasteiger partial charge in [0.2, 0.25) is 0 Å². The molecule has 144 valence electrons. The van der Waals surface area contributed by atoms with Crippen LogP contribution in [0.1, 0.15) is 29.8 Å². The van der Waals surface area contributed by atoms with Gasteiger partial charge in [0, 0.05) is 54.9 Å². The molecule has 0 radical (unpaired) electrons. The number of ether oxygens (including phenoxy) is 1. The summed E-state index contributed by atoms with van der Waals surface area (Å²) in [5.74, 6) is 0.939. The van der Waals surface area contributed by atoms with E-state index in [1.807, 2.05) is 13.8 Å². The first-order valence-electron chi connectivity index (χ1n) is 9.86. The number of morpholine rings is 1. The fourth-order valence-electron chi connectivity index (χ4n) is 4.35. The summed E-state index contributed by atoms with van der Waals surface area (Å²) < 4.78 is 5.44. The lowest BCUT2D eigenvalue weighted by Crippen LogP contribution is -2.37. The number of aromatic nitrogens is 2. The zero-order valence-electron chi connectivity index (χ0n) is 16.2. The molecule has 6 nitrogen and oxygen atoms in total. The van der Waals surface area contributed by atoms with Crippen molar-refractivity contribution in [2.24, 2.45) is 0 Å². The predicted molar refractivity (Wildman–Crippen MR) is 108 cm³/mol. The van der Waals surface area contributed by atoms with E-state index in [4.69, 9.17) is 4.74 Å². The van der Waals surface area contributed by atoms with E-state index in [0.29, 0.717) is 6.04 Å². The molecule has 0 saturated carbocycles. The average Bonchev–Trinajstić information content (AvgIpc) is 3.09. The second-order valence-electron chi connectivity index (χ2n) is 7.64. The molecule has 0 unspecified atom stereocenters. The molecule has 4 heterocycles. The van der Waals surface area contributed by atoms with Gasteiger partial charge < -0.3 is 19.5 Å². The molecule has 2 aliphatic rings. The molecule has 6 heteroatoms. The van der Waals surface area contributed by atoms with Crippen LogP contribution >= 0.6 is 0 Å². The monoisotopic (exact) mass is 368 g/mol. The van der Waals surface area contributed by atoms with Crippen LogP contribution in [-0.4, -0.2) is 48.9 Å². The van der Waals surface area contributed by atoms with Crippen molar-refractivity contribution >= 4 is 11.5 Å². The van der Waals surface area contributed by atoms with Gasteiger partial charge in [0.05, 0.1) is 13.2 Å². The SMILES string of the molecule is Cc1cc(C[C@@H]2CCCN2c2cc(N3CCOCC3)cc(=O)[nH]2)cc(C)n1. The number of hydrogen-bond donors (Lipinski definition) is 1. The molecule has 0 amide bonds. The summed E-state index contributed by atoms with van der Waals surface area (Å²) in [6, 6.07) is 8.60. The van der Waals surface area contributed by atoms with Crippen LogP contribution in [0.4, 0.5) is 11.5 Å². The van der Waals surface area contributed by atoms with Crippen LogP contribution in [0, 0.1) is 13.8 Å². The van der Waals surface area contributed by atoms with Crippen molar-refractivity contribution in [2.75, 3.05) is 42.6 Å². The van der Waals surface area contributed by atoms with Gasteiger partial charge in [-0.15, -0.1) is 0 Å². The molecule has 1 N–H and O–H groups in total. The van der Waals surface area contributed by atoms with Crippen LogP contribution in [0.25, 0.3) is 0 Å². The number of pyridine rings is 2. The Morgan fingerprint density at radius 1 is 1.11 bits per heavy atom. The van der Waals surface area contributed by atoms with Crippen molar-refractivity contribution in [3.63, 3.8) is 0 Å². The molecule has 1 atom stereocenters. The van der Waals surface area contributed by atoms with Gasteiger partial charge in [-0.3, -0.25) is 9.78 Å². The lowest BCUT2D eigenvalue weighted by Gasteiger charge is -2.31. The van der Waals surface area contributed by atoms with Crippen molar-refractivity contribution in [3.05, 3.63) is 51.6 Å². The third-order valence-corrected chi connectivity index (χ3v) is 5.49. The van der Waals surface area contributed by atoms with Crippen molar-refractivity contribution in [3.8, 4) is 0 Å². The van der Waals surface area contributed by atoms with Crippen molar-refractivity contribution in [1.29, 1.82) is 0 Å². The highest BCUT2D eigenvalue weighted by Crippen LogP contribution is 2.28. The molecule has 2 aliphatic heterocycles. The maximum Gasteiger partial charge on any atom is 0.251 e. The summed E-state index contributed by atoms with van der Waals surface area (Å²) in [7, 11) is 0. The first-order valence-corrected chi connectivity index (χ1v) is 9.86. The van der Waals surface area contributed by atoms with Crippen molar-refractivity contribution < 1.29 is 4.74 Å². The van der Waals surface area contributed by atoms with Crippen molar-refractivity contribution in [2.45, 2.75) is 39.2 Å². The topological polar surface area (TPSA) is 61.5 Å². The molecule has 0 bridgehead atoms. The largest absolute Gasteiger partial charge is 0.378 e. The third kappa shape index (κ3) is 4.16. The highest BCUT2D eigenvalue weighted by molar-refractivity contribution is 5.56. The molecule has 0 aliphatic carbocycles. The lowest BCUT2D eigenvalue weighted by molar-refractivity contribution is 0.122. The normalized spacial score (nSPS) is 20.3. The Balaban J connectivity index is 1.57. The van der Waals surface area contributed by atoms with Gasteiger partial charge in [-0.25, -0.2) is 0 Å². The van der Waals surface area contributed by atoms with E-state index in [-0.39, 0.29) is 5.56 Å². The Kier molecular flexibility index (Phi) is 5.16. The fourth-order valence-corrected chi connectivity index (χ4v) is 4.35. The van der Waals surface area contributed by atoms with Gasteiger partial charge in [0.15, 0.2) is 0 Å². The molecular weight excluding hydrogens is 340 g/mol. The van der Waals surface area contributed by atoms with Crippen LogP contribution < -0.4 is 15.4 Å². The van der Waals surface area contributed by atoms with Crippen LogP contribution in [0.3, 0.4) is 0 Å². The number of rotatable bonds is 4. The predicted octanol–water partition coefficient (Wildman–Crippen LogP) is 2.43. The zero-order valence-corrected chi connectivity index (χ0v) is 16.2. The maximum absolute atomic E-state index is 12.3. The second-order valence-corrected chi connectivity index (χ2v) is 7.64. The van der Waals surface area contributed by atoms with E-state index < -0.39 is 0 Å². The molecule has 4 rings (SSSR count). The first-order chi connectivity index (χ1) is 13.1. The Labute approximate surface area is 160 Å². The van der Waals surface area contributed by atoms with E-state index >= 15 is 0 Å².